The van der Waals surface area contributed by atoms with Crippen LogP contribution in [0.15, 0.2) is 70.6 Å². The molecule has 2 N–H and O–H groups in total. The fourth-order valence-corrected chi connectivity index (χ4v) is 3.47. The van der Waals surface area contributed by atoms with E-state index in [9.17, 15) is 9.59 Å². The van der Waals surface area contributed by atoms with Gasteiger partial charge in [-0.15, -0.1) is 0 Å². The third-order valence-electron chi connectivity index (χ3n) is 4.04. The Bertz CT molecular complexity index is 1220. The summed E-state index contributed by atoms with van der Waals surface area (Å²) in [6.45, 7) is 0. The molecule has 4 aromatic rings. The van der Waals surface area contributed by atoms with E-state index in [2.05, 4.69) is 20.4 Å². The number of hydrogen-bond donors (Lipinski definition) is 2. The maximum absolute atomic E-state index is 12.3. The van der Waals surface area contributed by atoms with Gasteiger partial charge in [0.1, 0.15) is 5.75 Å². The van der Waals surface area contributed by atoms with Crippen LogP contribution in [0.4, 0.5) is 5.69 Å². The van der Waals surface area contributed by atoms with Crippen LogP contribution >= 0.6 is 11.8 Å². The SMILES string of the molecule is COc1cccc(-c2nc(SCC(=O)Nc3ccccc3)n3[nH]c(=O)cc3n2)c1. The van der Waals surface area contributed by atoms with E-state index in [-0.39, 0.29) is 17.2 Å². The van der Waals surface area contributed by atoms with E-state index < -0.39 is 0 Å². The fourth-order valence-electron chi connectivity index (χ4n) is 2.72. The summed E-state index contributed by atoms with van der Waals surface area (Å²) in [5.41, 5.74) is 1.60. The third-order valence-corrected chi connectivity index (χ3v) is 4.98. The van der Waals surface area contributed by atoms with Crippen molar-refractivity contribution in [2.45, 2.75) is 5.16 Å². The normalized spacial score (nSPS) is 10.8. The van der Waals surface area contributed by atoms with Crippen LogP contribution in [0, 0.1) is 0 Å². The molecule has 0 aliphatic heterocycles. The van der Waals surface area contributed by atoms with Crippen LogP contribution in [0.25, 0.3) is 17.0 Å². The van der Waals surface area contributed by atoms with Gasteiger partial charge in [-0.25, -0.2) is 14.5 Å². The molecule has 0 radical (unpaired) electrons. The highest BCUT2D eigenvalue weighted by atomic mass is 32.2. The van der Waals surface area contributed by atoms with Gasteiger partial charge in [0, 0.05) is 17.3 Å². The topological polar surface area (TPSA) is 101 Å². The zero-order chi connectivity index (χ0) is 20.2. The van der Waals surface area contributed by atoms with Crippen LogP contribution in [0.3, 0.4) is 0 Å². The van der Waals surface area contributed by atoms with Gasteiger partial charge < -0.3 is 10.1 Å². The number of para-hydroxylation sites is 1. The average Bonchev–Trinajstić information content (AvgIpc) is 3.13. The zero-order valence-electron chi connectivity index (χ0n) is 15.5. The number of fused-ring (bicyclic) bond motifs is 1. The number of rotatable bonds is 6. The number of aromatic amines is 1. The molecule has 2 aromatic heterocycles. The Morgan fingerprint density at radius 1 is 1.14 bits per heavy atom. The summed E-state index contributed by atoms with van der Waals surface area (Å²) >= 11 is 1.21. The second-order valence-corrected chi connectivity index (χ2v) is 7.02. The highest BCUT2D eigenvalue weighted by Crippen LogP contribution is 2.24. The van der Waals surface area contributed by atoms with Gasteiger partial charge in [0.05, 0.1) is 12.9 Å². The number of H-pyrrole nitrogens is 1. The largest absolute Gasteiger partial charge is 0.497 e. The van der Waals surface area contributed by atoms with Crippen LogP contribution in [0.1, 0.15) is 0 Å². The van der Waals surface area contributed by atoms with Gasteiger partial charge >= 0.3 is 0 Å². The van der Waals surface area contributed by atoms with Gasteiger partial charge in [-0.05, 0) is 24.3 Å². The average molecular weight is 407 g/mol. The van der Waals surface area contributed by atoms with Crippen molar-refractivity contribution in [2.24, 2.45) is 0 Å². The zero-order valence-corrected chi connectivity index (χ0v) is 16.3. The fraction of sp³-hybridized carbons (Fsp3) is 0.100. The molecule has 146 valence electrons. The Labute approximate surface area is 169 Å². The van der Waals surface area contributed by atoms with Crippen molar-refractivity contribution in [3.05, 3.63) is 71.0 Å². The number of aromatic nitrogens is 4. The number of benzene rings is 2. The molecule has 0 saturated carbocycles. The number of thioether (sulfide) groups is 1. The predicted octanol–water partition coefficient (Wildman–Crippen LogP) is 2.82. The molecule has 0 saturated heterocycles. The maximum Gasteiger partial charge on any atom is 0.266 e. The van der Waals surface area contributed by atoms with Gasteiger partial charge in [0.25, 0.3) is 5.56 Å². The Balaban J connectivity index is 1.62. The molecule has 0 spiro atoms. The Morgan fingerprint density at radius 2 is 1.97 bits per heavy atom. The first-order chi connectivity index (χ1) is 14.1. The van der Waals surface area contributed by atoms with Crippen LogP contribution in [0.5, 0.6) is 5.75 Å². The smallest absolute Gasteiger partial charge is 0.266 e. The van der Waals surface area contributed by atoms with Crippen molar-refractivity contribution in [3.8, 4) is 17.1 Å². The van der Waals surface area contributed by atoms with E-state index in [1.165, 1.54) is 22.3 Å². The van der Waals surface area contributed by atoms with Gasteiger partial charge in [-0.1, -0.05) is 42.1 Å². The predicted molar refractivity (Wildman–Crippen MR) is 111 cm³/mol. The maximum atomic E-state index is 12.3. The summed E-state index contributed by atoms with van der Waals surface area (Å²) in [5.74, 6) is 1.06. The van der Waals surface area contributed by atoms with E-state index >= 15 is 0 Å². The molecule has 29 heavy (non-hydrogen) atoms. The van der Waals surface area contributed by atoms with Gasteiger partial charge in [-0.2, -0.15) is 0 Å². The Hall–Kier alpha value is -3.59. The number of carbonyl (C=O) groups excluding carboxylic acids is 1. The van der Waals surface area contributed by atoms with E-state index in [1.54, 1.807) is 7.11 Å². The lowest BCUT2D eigenvalue weighted by molar-refractivity contribution is -0.113. The second kappa shape index (κ2) is 8.19. The summed E-state index contributed by atoms with van der Waals surface area (Å²) in [5, 5.41) is 5.94. The molecule has 0 bridgehead atoms. The number of nitrogens with one attached hydrogen (secondary N) is 2. The number of nitrogens with zero attached hydrogens (tertiary/aromatic N) is 3. The molecule has 0 atom stereocenters. The van der Waals surface area contributed by atoms with Crippen LogP contribution in [0.2, 0.25) is 0 Å². The quantitative estimate of drug-likeness (QED) is 0.477. The lowest BCUT2D eigenvalue weighted by atomic mass is 10.2. The minimum absolute atomic E-state index is 0.124. The standard InChI is InChI=1S/C20H17N5O3S/c1-28-15-9-5-6-13(10-15)19-22-16-11-17(26)24-25(16)20(23-19)29-12-18(27)21-14-7-3-2-4-8-14/h2-11H,12H2,1H3,(H,21,27)(H,24,26). The van der Waals surface area contributed by atoms with E-state index in [4.69, 9.17) is 4.74 Å². The molecule has 0 unspecified atom stereocenters. The number of methoxy groups -OCH3 is 1. The van der Waals surface area contributed by atoms with Crippen molar-refractivity contribution in [2.75, 3.05) is 18.2 Å². The van der Waals surface area contributed by atoms with E-state index in [0.29, 0.717) is 22.4 Å². The van der Waals surface area contributed by atoms with Crippen molar-refractivity contribution in [1.29, 1.82) is 0 Å². The first-order valence-electron chi connectivity index (χ1n) is 8.74. The molecule has 2 aromatic carbocycles. The van der Waals surface area contributed by atoms with Crippen LogP contribution in [-0.2, 0) is 4.79 Å². The molecule has 0 aliphatic carbocycles. The van der Waals surface area contributed by atoms with Crippen molar-refractivity contribution in [1.82, 2.24) is 19.6 Å². The van der Waals surface area contributed by atoms with Crippen LogP contribution in [-0.4, -0.2) is 38.4 Å². The van der Waals surface area contributed by atoms with Gasteiger partial charge in [-0.3, -0.25) is 14.7 Å². The Kier molecular flexibility index (Phi) is 5.30. The molecule has 4 rings (SSSR count). The number of ether oxygens (including phenoxy) is 1. The van der Waals surface area contributed by atoms with Crippen LogP contribution < -0.4 is 15.6 Å². The highest BCUT2D eigenvalue weighted by molar-refractivity contribution is 7.99. The number of carbonyl (C=O) groups is 1. The monoisotopic (exact) mass is 407 g/mol. The van der Waals surface area contributed by atoms with E-state index in [0.717, 1.165) is 11.3 Å². The summed E-state index contributed by atoms with van der Waals surface area (Å²) < 4.78 is 6.74. The second-order valence-electron chi connectivity index (χ2n) is 6.08. The molecule has 9 heteroatoms. The number of hydrogen-bond acceptors (Lipinski definition) is 6. The van der Waals surface area contributed by atoms with Crippen molar-refractivity contribution >= 4 is 29.0 Å². The number of anilines is 1. The van der Waals surface area contributed by atoms with Crippen molar-refractivity contribution in [3.63, 3.8) is 0 Å². The molecular weight excluding hydrogens is 390 g/mol. The summed E-state index contributed by atoms with van der Waals surface area (Å²) in [7, 11) is 1.58. The first-order valence-corrected chi connectivity index (χ1v) is 9.73. The summed E-state index contributed by atoms with van der Waals surface area (Å²) in [6, 6.07) is 17.9. The summed E-state index contributed by atoms with van der Waals surface area (Å²) in [4.78, 5) is 33.1. The minimum Gasteiger partial charge on any atom is -0.497 e. The summed E-state index contributed by atoms with van der Waals surface area (Å²) in [6.07, 6.45) is 0. The molecule has 1 amide bonds. The van der Waals surface area contributed by atoms with Gasteiger partial charge in [0.2, 0.25) is 5.91 Å². The highest BCUT2D eigenvalue weighted by Gasteiger charge is 2.14. The molecule has 2 heterocycles. The Morgan fingerprint density at radius 3 is 2.76 bits per heavy atom. The molecular formula is C20H17N5O3S. The first kappa shape index (κ1) is 18.8. The molecule has 0 aliphatic rings. The van der Waals surface area contributed by atoms with Gasteiger partial charge in [0.15, 0.2) is 16.6 Å². The molecule has 0 fully saturated rings. The van der Waals surface area contributed by atoms with E-state index in [1.807, 2.05) is 54.6 Å². The third kappa shape index (κ3) is 4.30. The number of amides is 1. The molecule has 8 nitrogen and oxygen atoms in total. The lowest BCUT2D eigenvalue weighted by Gasteiger charge is -2.09. The van der Waals surface area contributed by atoms with Crippen molar-refractivity contribution < 1.29 is 9.53 Å². The minimum atomic E-state index is -0.294. The lowest BCUT2D eigenvalue weighted by Crippen LogP contribution is -2.15.